The smallest absolute Gasteiger partial charge is 0.0580 e. The quantitative estimate of drug-likeness (QED) is 0.778. The summed E-state index contributed by atoms with van der Waals surface area (Å²) in [4.78, 5) is 3.96. The Kier molecular flexibility index (Phi) is 5.33. The highest BCUT2D eigenvalue weighted by molar-refractivity contribution is 5.10. The fourth-order valence-electron chi connectivity index (χ4n) is 1.65. The van der Waals surface area contributed by atoms with Crippen LogP contribution in [0, 0.1) is 5.92 Å². The first-order valence-corrected chi connectivity index (χ1v) is 5.75. The Balaban J connectivity index is 2.21. The third kappa shape index (κ3) is 5.53. The number of aliphatic hydroxyl groups excluding tert-OH is 1. The molecule has 15 heavy (non-hydrogen) atoms. The van der Waals surface area contributed by atoms with E-state index in [0.717, 1.165) is 25.2 Å². The summed E-state index contributed by atoms with van der Waals surface area (Å²) < 4.78 is 0. The number of hydrogen-bond acceptors (Lipinski definition) is 2. The van der Waals surface area contributed by atoms with Crippen molar-refractivity contribution in [2.24, 2.45) is 5.92 Å². The summed E-state index contributed by atoms with van der Waals surface area (Å²) in [6, 6.07) is 3.93. The van der Waals surface area contributed by atoms with E-state index in [1.807, 2.05) is 12.1 Å². The van der Waals surface area contributed by atoms with Gasteiger partial charge in [0.25, 0.3) is 0 Å². The maximum absolute atomic E-state index is 9.80. The number of aliphatic hydroxyl groups is 1. The maximum atomic E-state index is 9.80. The number of aromatic nitrogens is 1. The highest BCUT2D eigenvalue weighted by Gasteiger charge is 2.05. The topological polar surface area (TPSA) is 33.1 Å². The lowest BCUT2D eigenvalue weighted by Gasteiger charge is -2.11. The molecule has 0 amide bonds. The summed E-state index contributed by atoms with van der Waals surface area (Å²) in [7, 11) is 0. The minimum Gasteiger partial charge on any atom is -0.393 e. The van der Waals surface area contributed by atoms with Crippen LogP contribution in [0.2, 0.25) is 0 Å². The first-order chi connectivity index (χ1) is 7.18. The first-order valence-electron chi connectivity index (χ1n) is 5.75. The van der Waals surface area contributed by atoms with Gasteiger partial charge in [0.2, 0.25) is 0 Å². The molecule has 0 radical (unpaired) electrons. The molecule has 0 bridgehead atoms. The Labute approximate surface area is 92.4 Å². The molecule has 0 aromatic carbocycles. The molecule has 1 unspecified atom stereocenters. The van der Waals surface area contributed by atoms with Crippen LogP contribution in [0.5, 0.6) is 0 Å². The predicted octanol–water partition coefficient (Wildman–Crippen LogP) is 2.81. The van der Waals surface area contributed by atoms with Gasteiger partial charge < -0.3 is 5.11 Å². The van der Waals surface area contributed by atoms with Gasteiger partial charge in [-0.2, -0.15) is 0 Å². The fraction of sp³-hybridized carbons (Fsp3) is 0.615. The van der Waals surface area contributed by atoms with Crippen LogP contribution >= 0.6 is 0 Å². The first kappa shape index (κ1) is 12.2. The molecule has 0 spiro atoms. The zero-order valence-corrected chi connectivity index (χ0v) is 9.69. The molecule has 0 aliphatic heterocycles. The second-order valence-electron chi connectivity index (χ2n) is 4.54. The highest BCUT2D eigenvalue weighted by Crippen LogP contribution is 2.11. The van der Waals surface area contributed by atoms with Crippen molar-refractivity contribution in [2.45, 2.75) is 45.6 Å². The number of hydrogen-bond donors (Lipinski definition) is 1. The van der Waals surface area contributed by atoms with Crippen LogP contribution in [0.25, 0.3) is 0 Å². The minimum atomic E-state index is -0.203. The van der Waals surface area contributed by atoms with Crippen LogP contribution in [0.15, 0.2) is 24.5 Å². The van der Waals surface area contributed by atoms with Crippen LogP contribution < -0.4 is 0 Å². The second-order valence-corrected chi connectivity index (χ2v) is 4.54. The fourth-order valence-corrected chi connectivity index (χ4v) is 1.65. The Bertz CT molecular complexity index is 258. The molecule has 0 aliphatic carbocycles. The summed E-state index contributed by atoms with van der Waals surface area (Å²) >= 11 is 0. The van der Waals surface area contributed by atoms with Crippen molar-refractivity contribution in [1.29, 1.82) is 0 Å². The average molecular weight is 207 g/mol. The second kappa shape index (κ2) is 6.57. The van der Waals surface area contributed by atoms with Gasteiger partial charge in [0.15, 0.2) is 0 Å². The molecule has 1 N–H and O–H groups in total. The Morgan fingerprint density at radius 1 is 1.20 bits per heavy atom. The van der Waals surface area contributed by atoms with E-state index in [1.165, 1.54) is 12.0 Å². The number of rotatable bonds is 6. The van der Waals surface area contributed by atoms with E-state index in [9.17, 15) is 5.11 Å². The van der Waals surface area contributed by atoms with Gasteiger partial charge in [0.05, 0.1) is 6.10 Å². The monoisotopic (exact) mass is 207 g/mol. The third-order valence-electron chi connectivity index (χ3n) is 2.54. The zero-order valence-electron chi connectivity index (χ0n) is 9.69. The Morgan fingerprint density at radius 2 is 1.87 bits per heavy atom. The van der Waals surface area contributed by atoms with Gasteiger partial charge in [0, 0.05) is 12.4 Å². The summed E-state index contributed by atoms with van der Waals surface area (Å²) in [5.41, 5.74) is 1.17. The van der Waals surface area contributed by atoms with E-state index in [2.05, 4.69) is 18.8 Å². The molecule has 0 fully saturated rings. The van der Waals surface area contributed by atoms with Crippen molar-refractivity contribution in [1.82, 2.24) is 4.98 Å². The van der Waals surface area contributed by atoms with Crippen LogP contribution in [0.1, 0.15) is 38.7 Å². The predicted molar refractivity (Wildman–Crippen MR) is 62.6 cm³/mol. The summed E-state index contributed by atoms with van der Waals surface area (Å²) in [5.74, 6) is 0.734. The van der Waals surface area contributed by atoms with E-state index < -0.39 is 0 Å². The Hall–Kier alpha value is -0.890. The van der Waals surface area contributed by atoms with Gasteiger partial charge in [-0.3, -0.25) is 4.98 Å². The van der Waals surface area contributed by atoms with Crippen molar-refractivity contribution >= 4 is 0 Å². The molecule has 1 atom stereocenters. The normalized spacial score (nSPS) is 13.1. The van der Waals surface area contributed by atoms with Crippen molar-refractivity contribution in [3.8, 4) is 0 Å². The number of nitrogens with zero attached hydrogens (tertiary/aromatic N) is 1. The molecule has 2 nitrogen and oxygen atoms in total. The molecule has 1 aromatic heterocycles. The van der Waals surface area contributed by atoms with E-state index in [0.29, 0.717) is 0 Å². The van der Waals surface area contributed by atoms with Crippen molar-refractivity contribution in [3.63, 3.8) is 0 Å². The van der Waals surface area contributed by atoms with Crippen molar-refractivity contribution in [3.05, 3.63) is 30.1 Å². The Morgan fingerprint density at radius 3 is 2.47 bits per heavy atom. The largest absolute Gasteiger partial charge is 0.393 e. The zero-order chi connectivity index (χ0) is 11.1. The molecular formula is C13H21NO. The van der Waals surface area contributed by atoms with Gasteiger partial charge in [-0.25, -0.2) is 0 Å². The van der Waals surface area contributed by atoms with Gasteiger partial charge in [-0.05, 0) is 36.5 Å². The highest BCUT2D eigenvalue weighted by atomic mass is 16.3. The van der Waals surface area contributed by atoms with Crippen molar-refractivity contribution < 1.29 is 5.11 Å². The lowest BCUT2D eigenvalue weighted by Crippen LogP contribution is -2.10. The molecule has 2 heteroatoms. The molecule has 0 saturated heterocycles. The van der Waals surface area contributed by atoms with Crippen LogP contribution in [0.4, 0.5) is 0 Å². The standard InChI is InChI=1S/C13H21NO/c1-11(2)4-3-5-13(15)10-12-6-8-14-9-7-12/h6-9,11,13,15H,3-5,10H2,1-2H3. The summed E-state index contributed by atoms with van der Waals surface area (Å²) in [6.45, 7) is 4.44. The maximum Gasteiger partial charge on any atom is 0.0580 e. The molecule has 0 aliphatic rings. The SMILES string of the molecule is CC(C)CCCC(O)Cc1ccncc1. The van der Waals surface area contributed by atoms with Crippen LogP contribution in [-0.2, 0) is 6.42 Å². The van der Waals surface area contributed by atoms with E-state index in [-0.39, 0.29) is 6.10 Å². The molecule has 1 aromatic rings. The molecule has 1 heterocycles. The molecule has 0 saturated carbocycles. The molecule has 84 valence electrons. The van der Waals surface area contributed by atoms with Crippen LogP contribution in [0.3, 0.4) is 0 Å². The van der Waals surface area contributed by atoms with Crippen LogP contribution in [-0.4, -0.2) is 16.2 Å². The lowest BCUT2D eigenvalue weighted by atomic mass is 10.0. The van der Waals surface area contributed by atoms with Gasteiger partial charge in [-0.1, -0.05) is 26.7 Å². The van der Waals surface area contributed by atoms with Crippen molar-refractivity contribution in [2.75, 3.05) is 0 Å². The van der Waals surface area contributed by atoms with E-state index in [4.69, 9.17) is 0 Å². The van der Waals surface area contributed by atoms with Gasteiger partial charge >= 0.3 is 0 Å². The van der Waals surface area contributed by atoms with Gasteiger partial charge in [-0.15, -0.1) is 0 Å². The molecule has 1 rings (SSSR count). The average Bonchev–Trinajstić information content (AvgIpc) is 2.18. The van der Waals surface area contributed by atoms with Gasteiger partial charge in [0.1, 0.15) is 0 Å². The summed E-state index contributed by atoms with van der Waals surface area (Å²) in [5, 5.41) is 9.80. The minimum absolute atomic E-state index is 0.203. The van der Waals surface area contributed by atoms with E-state index >= 15 is 0 Å². The number of pyridine rings is 1. The lowest BCUT2D eigenvalue weighted by molar-refractivity contribution is 0.159. The van der Waals surface area contributed by atoms with E-state index in [1.54, 1.807) is 12.4 Å². The third-order valence-corrected chi connectivity index (χ3v) is 2.54. The molecular weight excluding hydrogens is 186 g/mol. The summed E-state index contributed by atoms with van der Waals surface area (Å²) in [6.07, 6.45) is 7.32.